The minimum Gasteiger partial charge on any atom is -0.490 e. The van der Waals surface area contributed by atoms with E-state index in [0.29, 0.717) is 23.2 Å². The summed E-state index contributed by atoms with van der Waals surface area (Å²) in [6, 6.07) is 0. The molecule has 0 bridgehead atoms. The zero-order valence-corrected chi connectivity index (χ0v) is 12.5. The van der Waals surface area contributed by atoms with Crippen LogP contribution in [0.3, 0.4) is 0 Å². The van der Waals surface area contributed by atoms with E-state index in [1.165, 1.54) is 18.4 Å². The summed E-state index contributed by atoms with van der Waals surface area (Å²) < 4.78 is 16.6. The first-order valence-electron chi connectivity index (χ1n) is 5.78. The average Bonchev–Trinajstić information content (AvgIpc) is 2.78. The van der Waals surface area contributed by atoms with Crippen molar-refractivity contribution in [1.82, 2.24) is 0 Å². The molecule has 0 aliphatic carbocycles. The molecule has 0 spiro atoms. The second-order valence-corrected chi connectivity index (χ2v) is 5.83. The van der Waals surface area contributed by atoms with E-state index in [0.717, 1.165) is 30.5 Å². The van der Waals surface area contributed by atoms with Gasteiger partial charge in [0.15, 0.2) is 10.6 Å². The summed E-state index contributed by atoms with van der Waals surface area (Å²) in [4.78, 5) is 12.1. The van der Waals surface area contributed by atoms with Crippen molar-refractivity contribution in [2.75, 3.05) is 26.9 Å². The molecule has 0 unspecified atom stereocenters. The number of ether oxygens (including phenoxy) is 3. The van der Waals surface area contributed by atoms with Gasteiger partial charge in [-0.2, -0.15) is 0 Å². The topological polar surface area (TPSA) is 44.8 Å². The lowest BCUT2D eigenvalue weighted by atomic mass is 10.0. The quantitative estimate of drug-likeness (QED) is 0.793. The van der Waals surface area contributed by atoms with E-state index < -0.39 is 0 Å². The van der Waals surface area contributed by atoms with Crippen LogP contribution < -0.4 is 4.74 Å². The van der Waals surface area contributed by atoms with Crippen molar-refractivity contribution in [3.05, 3.63) is 14.7 Å². The van der Waals surface area contributed by atoms with Crippen molar-refractivity contribution in [1.29, 1.82) is 0 Å². The molecule has 2 rings (SSSR count). The van der Waals surface area contributed by atoms with Gasteiger partial charge in [0.05, 0.1) is 18.2 Å². The lowest BCUT2D eigenvalue weighted by Crippen LogP contribution is -2.21. The molecule has 100 valence electrons. The van der Waals surface area contributed by atoms with Gasteiger partial charge in [-0.05, 0) is 34.7 Å². The largest absolute Gasteiger partial charge is 0.490 e. The number of rotatable bonds is 4. The number of carbonyl (C=O) groups excluding carboxylic acids is 1. The Balaban J connectivity index is 1.99. The predicted molar refractivity (Wildman–Crippen MR) is 72.4 cm³/mol. The molecule has 1 fully saturated rings. The van der Waals surface area contributed by atoms with E-state index in [4.69, 9.17) is 14.2 Å². The van der Waals surface area contributed by atoms with Crippen LogP contribution in [0.25, 0.3) is 0 Å². The van der Waals surface area contributed by atoms with Crippen molar-refractivity contribution in [2.24, 2.45) is 5.92 Å². The van der Waals surface area contributed by atoms with Crippen molar-refractivity contribution in [3.63, 3.8) is 0 Å². The van der Waals surface area contributed by atoms with Gasteiger partial charge in [-0.25, -0.2) is 4.79 Å². The Labute approximate surface area is 118 Å². The van der Waals surface area contributed by atoms with Gasteiger partial charge in [-0.3, -0.25) is 0 Å². The lowest BCUT2D eigenvalue weighted by molar-refractivity contribution is 0.0485. The number of thiophene rings is 1. The number of halogens is 1. The number of esters is 1. The van der Waals surface area contributed by atoms with Crippen LogP contribution in [-0.4, -0.2) is 32.9 Å². The number of carbonyl (C=O) groups is 1. The molecule has 2 heterocycles. The Kier molecular flexibility index (Phi) is 5.03. The Bertz CT molecular complexity index is 412. The average molecular weight is 335 g/mol. The summed E-state index contributed by atoms with van der Waals surface area (Å²) in [6.45, 7) is 2.20. The second-order valence-electron chi connectivity index (χ2n) is 4.10. The maximum atomic E-state index is 11.6. The third kappa shape index (κ3) is 3.24. The maximum Gasteiger partial charge on any atom is 0.351 e. The molecule has 0 aromatic carbocycles. The van der Waals surface area contributed by atoms with Gasteiger partial charge in [0, 0.05) is 18.6 Å². The molecule has 0 N–H and O–H groups in total. The van der Waals surface area contributed by atoms with Crippen LogP contribution in [-0.2, 0) is 9.47 Å². The van der Waals surface area contributed by atoms with Gasteiger partial charge in [0.2, 0.25) is 0 Å². The molecule has 4 nitrogen and oxygen atoms in total. The molecular weight excluding hydrogens is 320 g/mol. The molecule has 1 aromatic rings. The van der Waals surface area contributed by atoms with Gasteiger partial charge in [0.1, 0.15) is 0 Å². The van der Waals surface area contributed by atoms with Crippen molar-refractivity contribution >= 4 is 33.2 Å². The normalized spacial score (nSPS) is 16.6. The first-order chi connectivity index (χ1) is 8.72. The number of methoxy groups -OCH3 is 1. The van der Waals surface area contributed by atoms with Crippen LogP contribution in [0.2, 0.25) is 0 Å². The Morgan fingerprint density at radius 2 is 2.28 bits per heavy atom. The Morgan fingerprint density at radius 3 is 2.94 bits per heavy atom. The molecule has 0 radical (unpaired) electrons. The lowest BCUT2D eigenvalue weighted by Gasteiger charge is -2.22. The third-order valence-electron chi connectivity index (χ3n) is 2.88. The van der Waals surface area contributed by atoms with E-state index in [1.807, 2.05) is 5.38 Å². The molecule has 0 atom stereocenters. The summed E-state index contributed by atoms with van der Waals surface area (Å²) in [6.07, 6.45) is 2.02. The van der Waals surface area contributed by atoms with Gasteiger partial charge in [0.25, 0.3) is 0 Å². The SMILES string of the molecule is COC(=O)c1scc(Br)c1OCC1CCOCC1. The van der Waals surface area contributed by atoms with Gasteiger partial charge in [-0.15, -0.1) is 11.3 Å². The van der Waals surface area contributed by atoms with Crippen LogP contribution in [0, 0.1) is 5.92 Å². The van der Waals surface area contributed by atoms with Gasteiger partial charge in [-0.1, -0.05) is 0 Å². The minimum atomic E-state index is -0.354. The summed E-state index contributed by atoms with van der Waals surface area (Å²) in [5, 5.41) is 1.84. The monoisotopic (exact) mass is 334 g/mol. The van der Waals surface area contributed by atoms with E-state index in [2.05, 4.69) is 15.9 Å². The molecule has 0 saturated carbocycles. The maximum absolute atomic E-state index is 11.6. The smallest absolute Gasteiger partial charge is 0.351 e. The molecule has 1 aliphatic heterocycles. The van der Waals surface area contributed by atoms with E-state index >= 15 is 0 Å². The molecule has 1 aromatic heterocycles. The highest BCUT2D eigenvalue weighted by Gasteiger charge is 2.21. The zero-order chi connectivity index (χ0) is 13.0. The van der Waals surface area contributed by atoms with Gasteiger partial charge >= 0.3 is 5.97 Å². The summed E-state index contributed by atoms with van der Waals surface area (Å²) in [5.41, 5.74) is 0. The molecule has 0 amide bonds. The molecular formula is C12H15BrO4S. The van der Waals surface area contributed by atoms with Crippen LogP contribution in [0.4, 0.5) is 0 Å². The number of hydrogen-bond acceptors (Lipinski definition) is 5. The van der Waals surface area contributed by atoms with Crippen LogP contribution >= 0.6 is 27.3 Å². The van der Waals surface area contributed by atoms with E-state index in [1.54, 1.807) is 0 Å². The predicted octanol–water partition coefficient (Wildman–Crippen LogP) is 3.10. The van der Waals surface area contributed by atoms with E-state index in [9.17, 15) is 4.79 Å². The second kappa shape index (κ2) is 6.54. The number of hydrogen-bond donors (Lipinski definition) is 0. The van der Waals surface area contributed by atoms with Crippen molar-refractivity contribution in [3.8, 4) is 5.75 Å². The fourth-order valence-corrected chi connectivity index (χ4v) is 3.32. The van der Waals surface area contributed by atoms with Crippen LogP contribution in [0.5, 0.6) is 5.75 Å². The fraction of sp³-hybridized carbons (Fsp3) is 0.583. The van der Waals surface area contributed by atoms with Crippen molar-refractivity contribution < 1.29 is 19.0 Å². The molecule has 18 heavy (non-hydrogen) atoms. The Morgan fingerprint density at radius 1 is 1.56 bits per heavy atom. The third-order valence-corrected chi connectivity index (χ3v) is 4.71. The van der Waals surface area contributed by atoms with Crippen LogP contribution in [0.15, 0.2) is 9.85 Å². The van der Waals surface area contributed by atoms with Crippen LogP contribution in [0.1, 0.15) is 22.5 Å². The molecule has 6 heteroatoms. The Hall–Kier alpha value is -0.590. The highest BCUT2D eigenvalue weighted by Crippen LogP contribution is 2.36. The zero-order valence-electron chi connectivity index (χ0n) is 10.1. The summed E-state index contributed by atoms with van der Waals surface area (Å²) in [7, 11) is 1.37. The fourth-order valence-electron chi connectivity index (χ4n) is 1.81. The first kappa shape index (κ1) is 13.8. The summed E-state index contributed by atoms with van der Waals surface area (Å²) >= 11 is 4.72. The van der Waals surface area contributed by atoms with E-state index in [-0.39, 0.29) is 5.97 Å². The highest BCUT2D eigenvalue weighted by molar-refractivity contribution is 9.10. The first-order valence-corrected chi connectivity index (χ1v) is 7.45. The minimum absolute atomic E-state index is 0.354. The molecule has 1 aliphatic rings. The highest BCUT2D eigenvalue weighted by atomic mass is 79.9. The standard InChI is InChI=1S/C12H15BrO4S/c1-15-12(14)11-10(9(13)7-18-11)17-6-8-2-4-16-5-3-8/h7-8H,2-6H2,1H3. The van der Waals surface area contributed by atoms with Gasteiger partial charge < -0.3 is 14.2 Å². The molecule has 1 saturated heterocycles. The summed E-state index contributed by atoms with van der Waals surface area (Å²) in [5.74, 6) is 0.738. The van der Waals surface area contributed by atoms with Crippen molar-refractivity contribution in [2.45, 2.75) is 12.8 Å².